The summed E-state index contributed by atoms with van der Waals surface area (Å²) in [5, 5.41) is 30.6. The number of benzene rings is 2. The summed E-state index contributed by atoms with van der Waals surface area (Å²) < 4.78 is 7.59. The van der Waals surface area contributed by atoms with E-state index >= 15 is 0 Å². The molecule has 2 aliphatic rings. The molecule has 3 N–H and O–H groups in total. The first kappa shape index (κ1) is 24.3. The van der Waals surface area contributed by atoms with Gasteiger partial charge in [-0.3, -0.25) is 25.5 Å². The number of morpholine rings is 1. The molecule has 1 unspecified atom stereocenters. The lowest BCUT2D eigenvalue weighted by molar-refractivity contribution is -0.394. The molecule has 0 aliphatic carbocycles. The number of ether oxygens (including phenoxy) is 1. The molecule has 0 spiro atoms. The van der Waals surface area contributed by atoms with Crippen molar-refractivity contribution in [2.75, 3.05) is 26.3 Å². The summed E-state index contributed by atoms with van der Waals surface area (Å²) in [5.41, 5.74) is 7.05. The van der Waals surface area contributed by atoms with E-state index in [1.54, 1.807) is 6.20 Å². The normalized spacial score (nSPS) is 17.5. The Morgan fingerprint density at radius 3 is 2.46 bits per heavy atom. The molecule has 2 aliphatic heterocycles. The van der Waals surface area contributed by atoms with Crippen LogP contribution in [0.1, 0.15) is 11.7 Å². The SMILES string of the molecule is NC1=NC(c2cn(-c3ccc([N+](=O)[O-])cc3[N+](=O)[O-])nc2-c2ccc(Br)cc2)N=C(N2CCOCC2)N1. The molecule has 1 aromatic heterocycles. The van der Waals surface area contributed by atoms with Gasteiger partial charge in [-0.1, -0.05) is 28.1 Å². The molecule has 0 bridgehead atoms. The lowest BCUT2D eigenvalue weighted by atomic mass is 10.1. The first-order valence-electron chi connectivity index (χ1n) is 11.1. The van der Waals surface area contributed by atoms with E-state index in [4.69, 9.17) is 15.5 Å². The maximum Gasteiger partial charge on any atom is 0.301 e. The molecular weight excluding hydrogens is 550 g/mol. The molecule has 3 heterocycles. The highest BCUT2D eigenvalue weighted by Gasteiger charge is 2.28. The standard InChI is InChI=1S/C22H20BrN9O5/c23-14-3-1-13(2-4-14)19-16(20-25-21(24)27-22(26-20)29-7-9-37-10-8-29)12-30(28-19)17-6-5-15(31(33)34)11-18(17)32(35)36/h1-6,11-12,20H,7-10H2,(H3,24,25,26,27). The molecule has 37 heavy (non-hydrogen) atoms. The first-order chi connectivity index (χ1) is 17.8. The fraction of sp³-hybridized carbons (Fsp3) is 0.227. The van der Waals surface area contributed by atoms with Gasteiger partial charge in [0.25, 0.3) is 5.69 Å². The van der Waals surface area contributed by atoms with E-state index in [-0.39, 0.29) is 11.6 Å². The summed E-state index contributed by atoms with van der Waals surface area (Å²) in [6.07, 6.45) is 0.794. The molecule has 0 amide bonds. The molecule has 15 heteroatoms. The minimum Gasteiger partial charge on any atom is -0.378 e. The van der Waals surface area contributed by atoms with Crippen molar-refractivity contribution in [1.29, 1.82) is 0 Å². The number of aliphatic imine (C=N–C) groups is 2. The van der Waals surface area contributed by atoms with Crippen LogP contribution in [0, 0.1) is 20.2 Å². The van der Waals surface area contributed by atoms with Gasteiger partial charge in [-0.05, 0) is 18.2 Å². The Hall–Kier alpha value is -4.37. The highest BCUT2D eigenvalue weighted by Crippen LogP contribution is 2.35. The number of nitrogens with one attached hydrogen (secondary N) is 1. The summed E-state index contributed by atoms with van der Waals surface area (Å²) >= 11 is 3.42. The Morgan fingerprint density at radius 2 is 1.78 bits per heavy atom. The van der Waals surface area contributed by atoms with Crippen LogP contribution in [0.15, 0.2) is 63.1 Å². The smallest absolute Gasteiger partial charge is 0.301 e. The molecule has 190 valence electrons. The predicted molar refractivity (Wildman–Crippen MR) is 137 cm³/mol. The minimum atomic E-state index is -0.788. The minimum absolute atomic E-state index is 0.0588. The quantitative estimate of drug-likeness (QED) is 0.345. The van der Waals surface area contributed by atoms with E-state index < -0.39 is 27.4 Å². The van der Waals surface area contributed by atoms with Gasteiger partial charge in [-0.15, -0.1) is 0 Å². The fourth-order valence-electron chi connectivity index (χ4n) is 4.03. The zero-order valence-corrected chi connectivity index (χ0v) is 20.7. The van der Waals surface area contributed by atoms with Gasteiger partial charge in [0.1, 0.15) is 11.4 Å². The van der Waals surface area contributed by atoms with E-state index in [1.165, 1.54) is 16.8 Å². The molecule has 1 saturated heterocycles. The van der Waals surface area contributed by atoms with Gasteiger partial charge in [-0.2, -0.15) is 5.10 Å². The third kappa shape index (κ3) is 4.99. The second-order valence-electron chi connectivity index (χ2n) is 8.14. The molecule has 0 saturated carbocycles. The lowest BCUT2D eigenvalue weighted by Gasteiger charge is -2.32. The van der Waals surface area contributed by atoms with Crippen LogP contribution in [0.4, 0.5) is 11.4 Å². The number of aromatic nitrogens is 2. The molecule has 0 radical (unpaired) electrons. The van der Waals surface area contributed by atoms with Crippen molar-refractivity contribution in [3.63, 3.8) is 0 Å². The third-order valence-electron chi connectivity index (χ3n) is 5.81. The molecule has 3 aromatic rings. The average molecular weight is 570 g/mol. The first-order valence-corrected chi connectivity index (χ1v) is 11.9. The Morgan fingerprint density at radius 1 is 1.05 bits per heavy atom. The van der Waals surface area contributed by atoms with E-state index in [1.807, 2.05) is 29.2 Å². The number of hydrogen-bond acceptors (Lipinski definition) is 11. The second kappa shape index (κ2) is 9.94. The lowest BCUT2D eigenvalue weighted by Crippen LogP contribution is -2.52. The number of nitrogens with zero attached hydrogens (tertiary/aromatic N) is 7. The number of non-ortho nitro benzene ring substituents is 1. The maximum absolute atomic E-state index is 11.8. The average Bonchev–Trinajstić information content (AvgIpc) is 3.34. The second-order valence-corrected chi connectivity index (χ2v) is 9.05. The predicted octanol–water partition coefficient (Wildman–Crippen LogP) is 2.72. The Labute approximate surface area is 217 Å². The summed E-state index contributed by atoms with van der Waals surface area (Å²) in [6.45, 7) is 2.35. The summed E-state index contributed by atoms with van der Waals surface area (Å²) in [6, 6.07) is 10.8. The summed E-state index contributed by atoms with van der Waals surface area (Å²) in [4.78, 5) is 32.8. The molecule has 5 rings (SSSR count). The highest BCUT2D eigenvalue weighted by molar-refractivity contribution is 9.10. The maximum atomic E-state index is 11.8. The Kier molecular flexibility index (Phi) is 6.54. The van der Waals surface area contributed by atoms with Gasteiger partial charge in [0.2, 0.25) is 5.96 Å². The monoisotopic (exact) mass is 569 g/mol. The molecular formula is C22H20BrN9O5. The zero-order valence-electron chi connectivity index (χ0n) is 19.2. The van der Waals surface area contributed by atoms with Crippen LogP contribution in [0.5, 0.6) is 0 Å². The van der Waals surface area contributed by atoms with Crippen LogP contribution in [0.25, 0.3) is 16.9 Å². The van der Waals surface area contributed by atoms with E-state index in [0.29, 0.717) is 43.5 Å². The number of halogens is 1. The third-order valence-corrected chi connectivity index (χ3v) is 6.34. The summed E-state index contributed by atoms with van der Waals surface area (Å²) in [7, 11) is 0. The van der Waals surface area contributed by atoms with Crippen molar-refractivity contribution < 1.29 is 14.6 Å². The fourth-order valence-corrected chi connectivity index (χ4v) is 4.29. The van der Waals surface area contributed by atoms with Gasteiger partial charge in [0, 0.05) is 41.0 Å². The van der Waals surface area contributed by atoms with Crippen LogP contribution >= 0.6 is 15.9 Å². The van der Waals surface area contributed by atoms with Gasteiger partial charge in [0.15, 0.2) is 12.1 Å². The van der Waals surface area contributed by atoms with Gasteiger partial charge >= 0.3 is 5.69 Å². The van der Waals surface area contributed by atoms with E-state index in [9.17, 15) is 20.2 Å². The van der Waals surface area contributed by atoms with Gasteiger partial charge < -0.3 is 15.4 Å². The molecule has 14 nitrogen and oxygen atoms in total. The van der Waals surface area contributed by atoms with Crippen molar-refractivity contribution in [2.45, 2.75) is 6.17 Å². The van der Waals surface area contributed by atoms with Crippen LogP contribution in [0.2, 0.25) is 0 Å². The van der Waals surface area contributed by atoms with Crippen LogP contribution in [-0.2, 0) is 4.74 Å². The van der Waals surface area contributed by atoms with Crippen LogP contribution in [-0.4, -0.2) is 62.7 Å². The van der Waals surface area contributed by atoms with Crippen LogP contribution < -0.4 is 11.1 Å². The van der Waals surface area contributed by atoms with Crippen molar-refractivity contribution in [1.82, 2.24) is 20.0 Å². The van der Waals surface area contributed by atoms with Gasteiger partial charge in [-0.25, -0.2) is 14.7 Å². The highest BCUT2D eigenvalue weighted by atomic mass is 79.9. The van der Waals surface area contributed by atoms with Crippen LogP contribution in [0.3, 0.4) is 0 Å². The largest absolute Gasteiger partial charge is 0.378 e. The molecule has 2 aromatic carbocycles. The van der Waals surface area contributed by atoms with Crippen molar-refractivity contribution in [2.24, 2.45) is 15.7 Å². The van der Waals surface area contributed by atoms with Crippen molar-refractivity contribution in [3.8, 4) is 16.9 Å². The van der Waals surface area contributed by atoms with Gasteiger partial charge in [0.05, 0.1) is 29.1 Å². The van der Waals surface area contributed by atoms with E-state index in [2.05, 4.69) is 31.3 Å². The van der Waals surface area contributed by atoms with E-state index in [0.717, 1.165) is 16.1 Å². The summed E-state index contributed by atoms with van der Waals surface area (Å²) in [5.74, 6) is 0.703. The van der Waals surface area contributed by atoms with Crippen molar-refractivity contribution >= 4 is 39.2 Å². The number of nitro benzene ring substituents is 2. The Bertz CT molecular complexity index is 1430. The number of nitro groups is 2. The van der Waals surface area contributed by atoms with Crippen molar-refractivity contribution in [3.05, 3.63) is 78.9 Å². The number of rotatable bonds is 5. The zero-order chi connectivity index (χ0) is 26.1. The molecule has 1 atom stereocenters. The number of guanidine groups is 2. The number of nitrogens with two attached hydrogens (primary N) is 1. The molecule has 1 fully saturated rings. The Balaban J connectivity index is 1.65. The number of hydrogen-bond donors (Lipinski definition) is 2. The topological polar surface area (TPSA) is 179 Å².